The van der Waals surface area contributed by atoms with E-state index in [1.54, 1.807) is 5.56 Å². The van der Waals surface area contributed by atoms with Crippen LogP contribution in [0.5, 0.6) is 0 Å². The zero-order valence-corrected chi connectivity index (χ0v) is 50.6. The van der Waals surface area contributed by atoms with Gasteiger partial charge in [0.2, 0.25) is 0 Å². The van der Waals surface area contributed by atoms with Crippen LogP contribution in [0.4, 0.5) is 45.5 Å². The molecule has 0 saturated heterocycles. The lowest BCUT2D eigenvalue weighted by atomic mass is 9.33. The van der Waals surface area contributed by atoms with Crippen LogP contribution in [-0.2, 0) is 32.5 Å². The molecule has 5 heteroatoms. The molecule has 16 rings (SSSR count). The average molecular weight is 1060 g/mol. The minimum Gasteiger partial charge on any atom is -0.334 e. The summed E-state index contributed by atoms with van der Waals surface area (Å²) in [5.74, 6) is 0. The second-order valence-corrected chi connectivity index (χ2v) is 30.3. The van der Waals surface area contributed by atoms with Gasteiger partial charge in [-0.25, -0.2) is 0 Å². The molecule has 0 radical (unpaired) electrons. The Morgan fingerprint density at radius 3 is 1.85 bits per heavy atom. The maximum atomic E-state index is 2.90. The minimum atomic E-state index is -0.221. The second-order valence-electron chi connectivity index (χ2n) is 29.3. The molecular formula is C75H76BN3S. The van der Waals surface area contributed by atoms with Crippen molar-refractivity contribution < 1.29 is 0 Å². The summed E-state index contributed by atoms with van der Waals surface area (Å²) < 4.78 is 2.67. The van der Waals surface area contributed by atoms with Crippen molar-refractivity contribution in [2.45, 2.75) is 173 Å². The molecular weight excluding hydrogens is 986 g/mol. The molecule has 8 aromatic carbocycles. The van der Waals surface area contributed by atoms with Crippen LogP contribution in [-0.4, -0.2) is 12.3 Å². The fourth-order valence-electron chi connectivity index (χ4n) is 18.0. The van der Waals surface area contributed by atoms with Gasteiger partial charge in [-0.05, 0) is 189 Å². The van der Waals surface area contributed by atoms with Crippen molar-refractivity contribution >= 4 is 100 Å². The van der Waals surface area contributed by atoms with Crippen LogP contribution in [0.1, 0.15) is 183 Å². The predicted octanol–water partition coefficient (Wildman–Crippen LogP) is 18.4. The highest BCUT2D eigenvalue weighted by Crippen LogP contribution is 2.65. The van der Waals surface area contributed by atoms with Crippen molar-refractivity contribution in [2.24, 2.45) is 0 Å². The molecule has 5 heterocycles. The summed E-state index contributed by atoms with van der Waals surface area (Å²) in [6.07, 6.45) is 7.11. The molecule has 4 aliphatic heterocycles. The van der Waals surface area contributed by atoms with Crippen LogP contribution >= 0.6 is 11.3 Å². The average Bonchev–Trinajstić information content (AvgIpc) is 1.66. The first-order chi connectivity index (χ1) is 38.0. The monoisotopic (exact) mass is 1060 g/mol. The molecule has 1 saturated carbocycles. The van der Waals surface area contributed by atoms with E-state index in [1.165, 1.54) is 157 Å². The Morgan fingerprint density at radius 2 is 1.11 bits per heavy atom. The van der Waals surface area contributed by atoms with Crippen molar-refractivity contribution in [3.05, 3.63) is 195 Å². The summed E-state index contributed by atoms with van der Waals surface area (Å²) in [5.41, 5.74) is 29.8. The van der Waals surface area contributed by atoms with E-state index in [1.807, 2.05) is 11.3 Å². The molecule has 80 heavy (non-hydrogen) atoms. The van der Waals surface area contributed by atoms with Gasteiger partial charge in [-0.2, -0.15) is 0 Å². The zero-order chi connectivity index (χ0) is 55.3. The highest BCUT2D eigenvalue weighted by molar-refractivity contribution is 7.26. The molecule has 0 spiro atoms. The number of rotatable bonds is 1. The number of benzene rings is 8. The molecule has 3 atom stereocenters. The van der Waals surface area contributed by atoms with Crippen LogP contribution in [0.25, 0.3) is 20.2 Å². The molecule has 6 bridgehead atoms. The Morgan fingerprint density at radius 1 is 0.475 bits per heavy atom. The van der Waals surface area contributed by atoms with Crippen molar-refractivity contribution in [1.82, 2.24) is 0 Å². The molecule has 1 fully saturated rings. The van der Waals surface area contributed by atoms with Gasteiger partial charge in [0, 0.05) is 76.9 Å². The number of fused-ring (bicyclic) bond motifs is 18. The standard InChI is InChI=1S/C75H76BN3S/c1-43-34-64-67-65(35-43)78-60-41-55-51(36-44(60)2)70(6,7)32-33-73(55,12)54-42-61-56(38-50(54)69(3,4)5)74(13)30-19-20-31-75(74,14)79(61)45-28-29-57(62(78)37-45)76(67)58-39-52-53(72(10,11)49-25-17-16-24-48(49)71(52,8)9)40-63(58)77(64)59-26-21-23-47-46-22-15-18-27-66(46)80-68(47)59/h15-18,21-29,34-42H,19-20,30-33H2,1-14H3. The van der Waals surface area contributed by atoms with E-state index >= 15 is 0 Å². The number of aryl methyl sites for hydroxylation is 2. The van der Waals surface area contributed by atoms with Gasteiger partial charge in [0.1, 0.15) is 0 Å². The van der Waals surface area contributed by atoms with Gasteiger partial charge in [0.15, 0.2) is 0 Å². The van der Waals surface area contributed by atoms with Crippen LogP contribution in [0, 0.1) is 13.8 Å². The Bertz CT molecular complexity index is 4280. The highest BCUT2D eigenvalue weighted by atomic mass is 32.1. The quantitative estimate of drug-likeness (QED) is 0.152. The molecule has 1 aromatic heterocycles. The van der Waals surface area contributed by atoms with Gasteiger partial charge in [-0.3, -0.25) is 0 Å². The molecule has 0 N–H and O–H groups in total. The second kappa shape index (κ2) is 15.5. The van der Waals surface area contributed by atoms with Gasteiger partial charge in [-0.15, -0.1) is 11.3 Å². The summed E-state index contributed by atoms with van der Waals surface area (Å²) in [6.45, 7) is 35.0. The van der Waals surface area contributed by atoms with E-state index in [9.17, 15) is 0 Å². The molecule has 3 aliphatic carbocycles. The smallest absolute Gasteiger partial charge is 0.252 e. The number of nitrogens with zero attached hydrogens (tertiary/aromatic N) is 3. The van der Waals surface area contributed by atoms with Gasteiger partial charge in [0.05, 0.1) is 15.9 Å². The van der Waals surface area contributed by atoms with Crippen LogP contribution < -0.4 is 31.1 Å². The Balaban J connectivity index is 1.05. The lowest BCUT2D eigenvalue weighted by Crippen LogP contribution is -2.62. The van der Waals surface area contributed by atoms with E-state index in [0.29, 0.717) is 0 Å². The van der Waals surface area contributed by atoms with Crippen molar-refractivity contribution in [3.8, 4) is 0 Å². The first kappa shape index (κ1) is 49.3. The number of hydrogen-bond acceptors (Lipinski definition) is 4. The Labute approximate surface area is 480 Å². The van der Waals surface area contributed by atoms with E-state index < -0.39 is 0 Å². The zero-order valence-electron chi connectivity index (χ0n) is 49.8. The maximum absolute atomic E-state index is 2.90. The minimum absolute atomic E-state index is 0.0103. The maximum Gasteiger partial charge on any atom is 0.252 e. The number of hydrogen-bond donors (Lipinski definition) is 0. The fourth-order valence-corrected chi connectivity index (χ4v) is 19.2. The third-order valence-corrected chi connectivity index (χ3v) is 23.8. The normalized spacial score (nSPS) is 23.7. The first-order valence-electron chi connectivity index (χ1n) is 30.2. The first-order valence-corrected chi connectivity index (χ1v) is 31.0. The number of anilines is 8. The van der Waals surface area contributed by atoms with Crippen molar-refractivity contribution in [2.75, 3.05) is 14.7 Å². The van der Waals surface area contributed by atoms with Gasteiger partial charge in [-0.1, -0.05) is 168 Å². The molecule has 7 aliphatic rings. The largest absolute Gasteiger partial charge is 0.334 e. The summed E-state index contributed by atoms with van der Waals surface area (Å²) in [6, 6.07) is 54.6. The Hall–Kier alpha value is -6.56. The van der Waals surface area contributed by atoms with Gasteiger partial charge >= 0.3 is 0 Å². The molecule has 3 nitrogen and oxygen atoms in total. The van der Waals surface area contributed by atoms with Gasteiger partial charge in [0.25, 0.3) is 6.71 Å². The summed E-state index contributed by atoms with van der Waals surface area (Å²) in [5, 5.41) is 2.65. The summed E-state index contributed by atoms with van der Waals surface area (Å²) in [4.78, 5) is 8.41. The van der Waals surface area contributed by atoms with Crippen molar-refractivity contribution in [3.63, 3.8) is 0 Å². The molecule has 3 unspecified atom stereocenters. The molecule has 400 valence electrons. The number of thiophene rings is 1. The van der Waals surface area contributed by atoms with E-state index in [4.69, 9.17) is 0 Å². The molecule has 0 amide bonds. The van der Waals surface area contributed by atoms with Gasteiger partial charge < -0.3 is 14.7 Å². The van der Waals surface area contributed by atoms with E-state index in [-0.39, 0.29) is 44.7 Å². The molecule has 9 aromatic rings. The predicted molar refractivity (Wildman–Crippen MR) is 344 cm³/mol. The fraction of sp³-hybridized carbons (Fsp3) is 0.360. The van der Waals surface area contributed by atoms with Crippen LogP contribution in [0.2, 0.25) is 0 Å². The highest BCUT2D eigenvalue weighted by Gasteiger charge is 2.59. The Kier molecular flexibility index (Phi) is 9.55. The summed E-state index contributed by atoms with van der Waals surface area (Å²) in [7, 11) is 0. The van der Waals surface area contributed by atoms with E-state index in [0.717, 1.165) is 19.3 Å². The third-order valence-electron chi connectivity index (χ3n) is 22.6. The SMILES string of the molecule is Cc1cc2c3c(c1)N(c1cccc4c1sc1ccccc14)c1cc4c(cc1B3c1ccc3cc1N2c1cc2c(cc1C)C(C)(C)CCC2(C)c1cc2c(cc1C(C)(C)C)C1(C)CCCCC1(C)N32)C(C)(C)c1ccccc1C4(C)C. The third kappa shape index (κ3) is 5.98. The topological polar surface area (TPSA) is 9.72 Å². The van der Waals surface area contributed by atoms with E-state index in [2.05, 4.69) is 245 Å². The lowest BCUT2D eigenvalue weighted by Gasteiger charge is -2.51. The van der Waals surface area contributed by atoms with Crippen LogP contribution in [0.3, 0.4) is 0 Å². The van der Waals surface area contributed by atoms with Crippen molar-refractivity contribution in [1.29, 1.82) is 0 Å². The van der Waals surface area contributed by atoms with Crippen LogP contribution in [0.15, 0.2) is 133 Å². The summed E-state index contributed by atoms with van der Waals surface area (Å²) >= 11 is 1.94. The lowest BCUT2D eigenvalue weighted by molar-refractivity contribution is 0.195.